The van der Waals surface area contributed by atoms with Crippen LogP contribution in [0.2, 0.25) is 0 Å². The van der Waals surface area contributed by atoms with Crippen molar-refractivity contribution in [2.45, 2.75) is 40.2 Å². The average molecular weight is 346 g/mol. The molecule has 3 rings (SSSR count). The van der Waals surface area contributed by atoms with E-state index < -0.39 is 11.6 Å². The van der Waals surface area contributed by atoms with Gasteiger partial charge in [0.1, 0.15) is 18.0 Å². The van der Waals surface area contributed by atoms with Crippen LogP contribution in [-0.4, -0.2) is 19.2 Å². The summed E-state index contributed by atoms with van der Waals surface area (Å²) in [5, 5.41) is 3.98. The van der Waals surface area contributed by atoms with Crippen LogP contribution in [0.4, 0.5) is 8.78 Å². The molecule has 0 radical (unpaired) electrons. The number of nitrogens with zero attached hydrogens (tertiary/aromatic N) is 4. The maximum Gasteiger partial charge on any atom is 0.279 e. The van der Waals surface area contributed by atoms with Crippen LogP contribution in [0.1, 0.15) is 32.3 Å². The normalized spacial score (nSPS) is 12.7. The molecule has 0 bridgehead atoms. The van der Waals surface area contributed by atoms with E-state index in [4.69, 9.17) is 0 Å². The molecular formula is C18H20F2N4O. The Labute approximate surface area is 143 Å². The van der Waals surface area contributed by atoms with Gasteiger partial charge in [0, 0.05) is 23.7 Å². The highest BCUT2D eigenvalue weighted by atomic mass is 19.1. The molecule has 2 aromatic heterocycles. The fourth-order valence-corrected chi connectivity index (χ4v) is 3.22. The van der Waals surface area contributed by atoms with Crippen molar-refractivity contribution in [2.75, 3.05) is 0 Å². The number of rotatable bonds is 5. The van der Waals surface area contributed by atoms with Gasteiger partial charge >= 0.3 is 0 Å². The molecule has 0 N–H and O–H groups in total. The summed E-state index contributed by atoms with van der Waals surface area (Å²) in [6.07, 6.45) is 3.31. The first-order valence-corrected chi connectivity index (χ1v) is 8.32. The Kier molecular flexibility index (Phi) is 4.65. The molecule has 1 atom stereocenters. The monoisotopic (exact) mass is 346 g/mol. The Bertz CT molecular complexity index is 977. The standard InChI is InChI=1S/C18H20F2N4O/c1-4-5-11(2)9-23-16(14-7-6-13(19)8-15(14)20)12(3)17(25)24-18(23)21-10-22-24/h6-8,10-11H,4-5,9H2,1-3H3. The number of aromatic nitrogens is 4. The lowest BCUT2D eigenvalue weighted by Crippen LogP contribution is -2.25. The van der Waals surface area contributed by atoms with Gasteiger partial charge in [-0.1, -0.05) is 20.3 Å². The van der Waals surface area contributed by atoms with E-state index in [9.17, 15) is 13.6 Å². The first kappa shape index (κ1) is 17.3. The summed E-state index contributed by atoms with van der Waals surface area (Å²) < 4.78 is 30.8. The Morgan fingerprint density at radius 2 is 2.04 bits per heavy atom. The molecule has 0 amide bonds. The third-order valence-corrected chi connectivity index (χ3v) is 4.37. The molecule has 2 heterocycles. The first-order valence-electron chi connectivity index (χ1n) is 8.32. The Morgan fingerprint density at radius 1 is 1.28 bits per heavy atom. The van der Waals surface area contributed by atoms with Crippen LogP contribution in [-0.2, 0) is 6.54 Å². The van der Waals surface area contributed by atoms with Crippen LogP contribution in [0.3, 0.4) is 0 Å². The average Bonchev–Trinajstić information content (AvgIpc) is 3.04. The lowest BCUT2D eigenvalue weighted by molar-refractivity contribution is 0.447. The van der Waals surface area contributed by atoms with Crippen molar-refractivity contribution in [3.8, 4) is 11.3 Å². The van der Waals surface area contributed by atoms with Gasteiger partial charge in [-0.05, 0) is 31.4 Å². The van der Waals surface area contributed by atoms with E-state index in [0.29, 0.717) is 29.5 Å². The summed E-state index contributed by atoms with van der Waals surface area (Å²) in [6, 6.07) is 3.38. The van der Waals surface area contributed by atoms with Crippen molar-refractivity contribution in [1.82, 2.24) is 19.2 Å². The molecule has 0 aliphatic rings. The quantitative estimate of drug-likeness (QED) is 0.709. The van der Waals surface area contributed by atoms with E-state index in [-0.39, 0.29) is 11.1 Å². The lowest BCUT2D eigenvalue weighted by Gasteiger charge is -2.20. The van der Waals surface area contributed by atoms with E-state index >= 15 is 0 Å². The molecule has 5 nitrogen and oxygen atoms in total. The summed E-state index contributed by atoms with van der Waals surface area (Å²) in [7, 11) is 0. The summed E-state index contributed by atoms with van der Waals surface area (Å²) in [5.74, 6) is -0.703. The predicted octanol–water partition coefficient (Wildman–Crippen LogP) is 3.58. The molecule has 0 saturated heterocycles. The summed E-state index contributed by atoms with van der Waals surface area (Å²) in [4.78, 5) is 16.8. The molecular weight excluding hydrogens is 326 g/mol. The van der Waals surface area contributed by atoms with Gasteiger partial charge in [0.2, 0.25) is 5.78 Å². The van der Waals surface area contributed by atoms with Gasteiger partial charge in [-0.2, -0.15) is 14.6 Å². The minimum absolute atomic E-state index is 0.185. The molecule has 0 spiro atoms. The highest BCUT2D eigenvalue weighted by molar-refractivity contribution is 5.66. The van der Waals surface area contributed by atoms with Crippen molar-refractivity contribution in [3.63, 3.8) is 0 Å². The molecule has 132 valence electrons. The molecule has 1 unspecified atom stereocenters. The fourth-order valence-electron chi connectivity index (χ4n) is 3.22. The number of benzene rings is 1. The molecule has 0 saturated carbocycles. The largest absolute Gasteiger partial charge is 0.309 e. The van der Waals surface area contributed by atoms with Gasteiger partial charge in [0.15, 0.2) is 0 Å². The van der Waals surface area contributed by atoms with Crippen LogP contribution in [0.15, 0.2) is 29.3 Å². The molecule has 25 heavy (non-hydrogen) atoms. The zero-order valence-corrected chi connectivity index (χ0v) is 14.5. The van der Waals surface area contributed by atoms with Gasteiger partial charge in [-0.25, -0.2) is 8.78 Å². The van der Waals surface area contributed by atoms with E-state index in [1.807, 2.05) is 0 Å². The second-order valence-corrected chi connectivity index (χ2v) is 6.38. The van der Waals surface area contributed by atoms with Crippen molar-refractivity contribution in [2.24, 2.45) is 5.92 Å². The SMILES string of the molecule is CCCC(C)Cn1c(-c2ccc(F)cc2F)c(C)c(=O)n2ncnc12. The molecule has 0 fully saturated rings. The summed E-state index contributed by atoms with van der Waals surface area (Å²) >= 11 is 0. The number of fused-ring (bicyclic) bond motifs is 1. The van der Waals surface area contributed by atoms with E-state index in [1.165, 1.54) is 23.0 Å². The maximum atomic E-state index is 14.4. The van der Waals surface area contributed by atoms with Crippen molar-refractivity contribution < 1.29 is 8.78 Å². The second kappa shape index (κ2) is 6.74. The molecule has 7 heteroatoms. The molecule has 0 aliphatic heterocycles. The van der Waals surface area contributed by atoms with Gasteiger partial charge in [0.25, 0.3) is 5.56 Å². The molecule has 3 aromatic rings. The Morgan fingerprint density at radius 3 is 2.72 bits per heavy atom. The first-order chi connectivity index (χ1) is 11.9. The van der Waals surface area contributed by atoms with Gasteiger partial charge < -0.3 is 4.57 Å². The number of hydrogen-bond acceptors (Lipinski definition) is 3. The van der Waals surface area contributed by atoms with Crippen LogP contribution in [0.5, 0.6) is 0 Å². The smallest absolute Gasteiger partial charge is 0.279 e. The fraction of sp³-hybridized carbons (Fsp3) is 0.389. The summed E-state index contributed by atoms with van der Waals surface area (Å²) in [6.45, 7) is 6.38. The van der Waals surface area contributed by atoms with Crippen molar-refractivity contribution in [1.29, 1.82) is 0 Å². The van der Waals surface area contributed by atoms with Gasteiger partial charge in [0.05, 0.1) is 5.69 Å². The molecule has 1 aromatic carbocycles. The highest BCUT2D eigenvalue weighted by Gasteiger charge is 2.21. The van der Waals surface area contributed by atoms with Crippen LogP contribution in [0, 0.1) is 24.5 Å². The number of halogens is 2. The third kappa shape index (κ3) is 3.06. The van der Waals surface area contributed by atoms with Crippen LogP contribution < -0.4 is 5.56 Å². The Balaban J connectivity index is 2.32. The van der Waals surface area contributed by atoms with Crippen LogP contribution in [0.25, 0.3) is 17.0 Å². The van der Waals surface area contributed by atoms with Gasteiger partial charge in [-0.15, -0.1) is 0 Å². The minimum Gasteiger partial charge on any atom is -0.309 e. The molecule has 0 aliphatic carbocycles. The Hall–Kier alpha value is -2.57. The lowest BCUT2D eigenvalue weighted by atomic mass is 10.0. The van der Waals surface area contributed by atoms with Crippen molar-refractivity contribution >= 4 is 5.78 Å². The number of hydrogen-bond donors (Lipinski definition) is 0. The second-order valence-electron chi connectivity index (χ2n) is 6.38. The zero-order valence-electron chi connectivity index (χ0n) is 14.5. The summed E-state index contributed by atoms with van der Waals surface area (Å²) in [5.41, 5.74) is 0.606. The van der Waals surface area contributed by atoms with Crippen LogP contribution >= 0.6 is 0 Å². The zero-order chi connectivity index (χ0) is 18.1. The van der Waals surface area contributed by atoms with E-state index in [1.54, 1.807) is 11.5 Å². The minimum atomic E-state index is -0.705. The predicted molar refractivity (Wildman–Crippen MR) is 91.4 cm³/mol. The maximum absolute atomic E-state index is 14.4. The van der Waals surface area contributed by atoms with Crippen molar-refractivity contribution in [3.05, 3.63) is 52.1 Å². The van der Waals surface area contributed by atoms with Gasteiger partial charge in [-0.3, -0.25) is 4.79 Å². The third-order valence-electron chi connectivity index (χ3n) is 4.37. The highest BCUT2D eigenvalue weighted by Crippen LogP contribution is 2.27. The van der Waals surface area contributed by atoms with E-state index in [2.05, 4.69) is 23.9 Å². The van der Waals surface area contributed by atoms with E-state index in [0.717, 1.165) is 18.9 Å². The topological polar surface area (TPSA) is 52.2 Å².